The van der Waals surface area contributed by atoms with Gasteiger partial charge < -0.3 is 10.1 Å². The van der Waals surface area contributed by atoms with Crippen molar-refractivity contribution in [2.75, 3.05) is 11.9 Å². The Balaban J connectivity index is 1.66. The molecule has 23 heavy (non-hydrogen) atoms. The first-order valence-electron chi connectivity index (χ1n) is 7.30. The van der Waals surface area contributed by atoms with Crippen LogP contribution in [0.5, 0.6) is 5.75 Å². The van der Waals surface area contributed by atoms with Crippen molar-refractivity contribution >= 4 is 34.0 Å². The van der Waals surface area contributed by atoms with Gasteiger partial charge in [0.15, 0.2) is 6.61 Å². The number of carbonyl (C=O) groups excluding carboxylic acids is 1. The zero-order chi connectivity index (χ0) is 16.2. The molecule has 0 aliphatic heterocycles. The maximum atomic E-state index is 12.1. The number of para-hydroxylation sites is 1. The smallest absolute Gasteiger partial charge is 0.262 e. The van der Waals surface area contributed by atoms with E-state index >= 15 is 0 Å². The Morgan fingerprint density at radius 1 is 1.04 bits per heavy atom. The zero-order valence-corrected chi connectivity index (χ0v) is 13.4. The zero-order valence-electron chi connectivity index (χ0n) is 12.7. The summed E-state index contributed by atoms with van der Waals surface area (Å²) < 4.78 is 5.57. The second-order valence-electron chi connectivity index (χ2n) is 5.28. The molecular formula is C19H16ClNO2. The second kappa shape index (κ2) is 6.71. The summed E-state index contributed by atoms with van der Waals surface area (Å²) in [5, 5.41) is 5.52. The summed E-state index contributed by atoms with van der Waals surface area (Å²) in [5.41, 5.74) is 1.54. The van der Waals surface area contributed by atoms with Gasteiger partial charge in [-0.05, 0) is 41.5 Å². The molecule has 0 heterocycles. The van der Waals surface area contributed by atoms with Crippen molar-refractivity contribution in [3.05, 3.63) is 71.2 Å². The Morgan fingerprint density at radius 2 is 1.83 bits per heavy atom. The van der Waals surface area contributed by atoms with Gasteiger partial charge in [0.25, 0.3) is 5.91 Å². The van der Waals surface area contributed by atoms with Gasteiger partial charge in [-0.3, -0.25) is 4.79 Å². The minimum Gasteiger partial charge on any atom is -0.484 e. The Kier molecular flexibility index (Phi) is 4.49. The fourth-order valence-electron chi connectivity index (χ4n) is 2.37. The standard InChI is InChI=1S/C19H16ClNO2/c1-13-5-4-8-17(20)19(13)21-18(22)12-23-16-10-9-14-6-2-3-7-15(14)11-16/h2-11H,12H2,1H3,(H,21,22). The molecule has 0 aromatic heterocycles. The lowest BCUT2D eigenvalue weighted by atomic mass is 10.1. The molecule has 0 bridgehead atoms. The number of amides is 1. The van der Waals surface area contributed by atoms with E-state index in [1.807, 2.05) is 61.5 Å². The molecular weight excluding hydrogens is 310 g/mol. The number of aryl methyl sites for hydroxylation is 1. The summed E-state index contributed by atoms with van der Waals surface area (Å²) in [6.07, 6.45) is 0. The predicted octanol–water partition coefficient (Wildman–Crippen LogP) is 4.82. The molecule has 0 saturated heterocycles. The van der Waals surface area contributed by atoms with Crippen molar-refractivity contribution in [3.8, 4) is 5.75 Å². The summed E-state index contributed by atoms with van der Waals surface area (Å²) in [7, 11) is 0. The third kappa shape index (κ3) is 3.63. The summed E-state index contributed by atoms with van der Waals surface area (Å²) in [5.74, 6) is 0.420. The lowest BCUT2D eigenvalue weighted by Gasteiger charge is -2.11. The van der Waals surface area contributed by atoms with Crippen molar-refractivity contribution in [1.29, 1.82) is 0 Å². The van der Waals surface area contributed by atoms with Crippen molar-refractivity contribution in [1.82, 2.24) is 0 Å². The highest BCUT2D eigenvalue weighted by Crippen LogP contribution is 2.25. The monoisotopic (exact) mass is 325 g/mol. The van der Waals surface area contributed by atoms with Crippen LogP contribution in [0.15, 0.2) is 60.7 Å². The largest absolute Gasteiger partial charge is 0.484 e. The van der Waals surface area contributed by atoms with E-state index in [0.717, 1.165) is 16.3 Å². The van der Waals surface area contributed by atoms with Crippen molar-refractivity contribution in [2.24, 2.45) is 0 Å². The number of hydrogen-bond donors (Lipinski definition) is 1. The number of rotatable bonds is 4. The molecule has 0 saturated carbocycles. The number of nitrogens with one attached hydrogen (secondary N) is 1. The van der Waals surface area contributed by atoms with Gasteiger partial charge in [-0.1, -0.05) is 54.1 Å². The fourth-order valence-corrected chi connectivity index (χ4v) is 2.64. The minimum atomic E-state index is -0.241. The molecule has 3 nitrogen and oxygen atoms in total. The highest BCUT2D eigenvalue weighted by atomic mass is 35.5. The van der Waals surface area contributed by atoms with E-state index in [1.165, 1.54) is 0 Å². The minimum absolute atomic E-state index is 0.0665. The van der Waals surface area contributed by atoms with Gasteiger partial charge in [-0.2, -0.15) is 0 Å². The van der Waals surface area contributed by atoms with Crippen LogP contribution in [0.1, 0.15) is 5.56 Å². The molecule has 0 aliphatic rings. The van der Waals surface area contributed by atoms with Crippen LogP contribution < -0.4 is 10.1 Å². The Hall–Kier alpha value is -2.52. The summed E-state index contributed by atoms with van der Waals surface area (Å²) in [4.78, 5) is 12.1. The average molecular weight is 326 g/mol. The molecule has 1 N–H and O–H groups in total. The van der Waals surface area contributed by atoms with Crippen LogP contribution in [0.2, 0.25) is 5.02 Å². The topological polar surface area (TPSA) is 38.3 Å². The SMILES string of the molecule is Cc1cccc(Cl)c1NC(=O)COc1ccc2ccccc2c1. The molecule has 0 spiro atoms. The molecule has 0 radical (unpaired) electrons. The molecule has 0 atom stereocenters. The van der Waals surface area contributed by atoms with Crippen LogP contribution in [0.3, 0.4) is 0 Å². The number of hydrogen-bond acceptors (Lipinski definition) is 2. The summed E-state index contributed by atoms with van der Waals surface area (Å²) >= 11 is 6.10. The maximum absolute atomic E-state index is 12.1. The summed E-state index contributed by atoms with van der Waals surface area (Å²) in [6.45, 7) is 1.83. The van der Waals surface area contributed by atoms with Gasteiger partial charge in [0, 0.05) is 0 Å². The van der Waals surface area contributed by atoms with Gasteiger partial charge in [0.2, 0.25) is 0 Å². The van der Waals surface area contributed by atoms with Crippen molar-refractivity contribution < 1.29 is 9.53 Å². The maximum Gasteiger partial charge on any atom is 0.262 e. The highest BCUT2D eigenvalue weighted by molar-refractivity contribution is 6.33. The van der Waals surface area contributed by atoms with Gasteiger partial charge in [0.05, 0.1) is 10.7 Å². The van der Waals surface area contributed by atoms with Gasteiger partial charge in [-0.25, -0.2) is 0 Å². The molecule has 3 rings (SSSR count). The first-order valence-corrected chi connectivity index (χ1v) is 7.68. The van der Waals surface area contributed by atoms with Crippen molar-refractivity contribution in [2.45, 2.75) is 6.92 Å². The quantitative estimate of drug-likeness (QED) is 0.747. The van der Waals surface area contributed by atoms with E-state index in [9.17, 15) is 4.79 Å². The van der Waals surface area contributed by atoms with E-state index < -0.39 is 0 Å². The van der Waals surface area contributed by atoms with Gasteiger partial charge >= 0.3 is 0 Å². The fraction of sp³-hybridized carbons (Fsp3) is 0.105. The average Bonchev–Trinajstić information content (AvgIpc) is 2.56. The number of ether oxygens (including phenoxy) is 1. The van der Waals surface area contributed by atoms with Crippen molar-refractivity contribution in [3.63, 3.8) is 0 Å². The van der Waals surface area contributed by atoms with E-state index in [4.69, 9.17) is 16.3 Å². The molecule has 4 heteroatoms. The summed E-state index contributed by atoms with van der Waals surface area (Å²) in [6, 6.07) is 19.2. The lowest BCUT2D eigenvalue weighted by Crippen LogP contribution is -2.20. The number of anilines is 1. The predicted molar refractivity (Wildman–Crippen MR) is 94.3 cm³/mol. The van der Waals surface area contributed by atoms with E-state index in [0.29, 0.717) is 16.5 Å². The molecule has 0 fully saturated rings. The van der Waals surface area contributed by atoms with Crippen LogP contribution in [0, 0.1) is 6.92 Å². The second-order valence-corrected chi connectivity index (χ2v) is 5.68. The molecule has 0 unspecified atom stereocenters. The number of benzene rings is 3. The van der Waals surface area contributed by atoms with E-state index in [2.05, 4.69) is 5.32 Å². The molecule has 1 amide bonds. The number of fused-ring (bicyclic) bond motifs is 1. The van der Waals surface area contributed by atoms with Gasteiger partial charge in [-0.15, -0.1) is 0 Å². The number of carbonyl (C=O) groups is 1. The number of halogens is 1. The van der Waals surface area contributed by atoms with E-state index in [1.54, 1.807) is 6.07 Å². The lowest BCUT2D eigenvalue weighted by molar-refractivity contribution is -0.118. The molecule has 0 aliphatic carbocycles. The molecule has 116 valence electrons. The molecule has 3 aromatic carbocycles. The third-order valence-corrected chi connectivity index (χ3v) is 3.89. The van der Waals surface area contributed by atoms with Gasteiger partial charge in [0.1, 0.15) is 5.75 Å². The Morgan fingerprint density at radius 3 is 2.61 bits per heavy atom. The Bertz CT molecular complexity index is 841. The molecule has 3 aromatic rings. The highest BCUT2D eigenvalue weighted by Gasteiger charge is 2.09. The van der Waals surface area contributed by atoms with Crippen LogP contribution in [0.25, 0.3) is 10.8 Å². The van der Waals surface area contributed by atoms with Crippen LogP contribution in [-0.2, 0) is 4.79 Å². The third-order valence-electron chi connectivity index (χ3n) is 3.58. The first kappa shape index (κ1) is 15.4. The van der Waals surface area contributed by atoms with Crippen LogP contribution in [-0.4, -0.2) is 12.5 Å². The normalized spacial score (nSPS) is 10.5. The first-order chi connectivity index (χ1) is 11.1. The Labute approximate surface area is 139 Å². The van der Waals surface area contributed by atoms with E-state index in [-0.39, 0.29) is 12.5 Å². The van der Waals surface area contributed by atoms with Crippen LogP contribution in [0.4, 0.5) is 5.69 Å². The van der Waals surface area contributed by atoms with Crippen LogP contribution >= 0.6 is 11.6 Å².